The first kappa shape index (κ1) is 25.9. The van der Waals surface area contributed by atoms with E-state index in [1.807, 2.05) is 18.2 Å². The molecule has 2 aromatic rings. The molecule has 28 heavy (non-hydrogen) atoms. The first-order chi connectivity index (χ1) is 12.7. The van der Waals surface area contributed by atoms with E-state index in [1.165, 1.54) is 0 Å². The van der Waals surface area contributed by atoms with Crippen molar-refractivity contribution in [1.82, 2.24) is 20.9 Å². The number of hydrogen-bond acceptors (Lipinski definition) is 4. The summed E-state index contributed by atoms with van der Waals surface area (Å²) in [5.74, 6) is -0.463. The summed E-state index contributed by atoms with van der Waals surface area (Å²) in [6, 6.07) is 11.9. The lowest BCUT2D eigenvalue weighted by Gasteiger charge is -2.19. The molecule has 0 fully saturated rings. The molecule has 0 aliphatic carbocycles. The van der Waals surface area contributed by atoms with E-state index in [-0.39, 0.29) is 36.6 Å². The maximum absolute atomic E-state index is 12.6. The average Bonchev–Trinajstić information content (AvgIpc) is 2.68. The van der Waals surface area contributed by atoms with Crippen LogP contribution in [0.25, 0.3) is 0 Å². The van der Waals surface area contributed by atoms with Gasteiger partial charge in [0.25, 0.3) is 5.91 Å². The number of hydrogen-bond donors (Lipinski definition) is 3. The van der Waals surface area contributed by atoms with Crippen LogP contribution in [0.1, 0.15) is 29.3 Å². The topological polar surface area (TPSA) is 83.1 Å². The average molecular weight is 427 g/mol. The summed E-state index contributed by atoms with van der Waals surface area (Å²) in [6.07, 6.45) is 4.82. The van der Waals surface area contributed by atoms with E-state index < -0.39 is 6.04 Å². The quantitative estimate of drug-likeness (QED) is 0.509. The van der Waals surface area contributed by atoms with Crippen LogP contribution in [0.4, 0.5) is 0 Å². The SMILES string of the molecule is CCCNCCNC(=O)C(Cc1cccnc1)NC(=O)c1ccccc1.Cl.Cl. The first-order valence-corrected chi connectivity index (χ1v) is 8.94. The molecule has 154 valence electrons. The third kappa shape index (κ3) is 9.17. The number of amides is 2. The van der Waals surface area contributed by atoms with Crippen molar-refractivity contribution in [3.63, 3.8) is 0 Å². The molecule has 0 aliphatic rings. The molecule has 2 amide bonds. The summed E-state index contributed by atoms with van der Waals surface area (Å²) in [5, 5.41) is 8.95. The van der Waals surface area contributed by atoms with E-state index in [0.29, 0.717) is 25.1 Å². The maximum atomic E-state index is 12.6. The minimum Gasteiger partial charge on any atom is -0.353 e. The van der Waals surface area contributed by atoms with E-state index in [2.05, 4.69) is 27.9 Å². The molecule has 1 aromatic carbocycles. The van der Waals surface area contributed by atoms with Crippen molar-refractivity contribution in [2.75, 3.05) is 19.6 Å². The number of pyridine rings is 1. The van der Waals surface area contributed by atoms with Crippen molar-refractivity contribution in [3.8, 4) is 0 Å². The Kier molecular flexibility index (Phi) is 13.7. The lowest BCUT2D eigenvalue weighted by atomic mass is 10.1. The third-order valence-corrected chi connectivity index (χ3v) is 3.85. The molecular formula is C20H28Cl2N4O2. The summed E-state index contributed by atoms with van der Waals surface area (Å²) >= 11 is 0. The molecule has 1 heterocycles. The Morgan fingerprint density at radius 3 is 2.39 bits per heavy atom. The monoisotopic (exact) mass is 426 g/mol. The Morgan fingerprint density at radius 1 is 1.00 bits per heavy atom. The molecule has 6 nitrogen and oxygen atoms in total. The number of halogens is 2. The highest BCUT2D eigenvalue weighted by atomic mass is 35.5. The van der Waals surface area contributed by atoms with Crippen molar-refractivity contribution in [2.45, 2.75) is 25.8 Å². The summed E-state index contributed by atoms with van der Waals surface area (Å²) in [4.78, 5) is 29.1. The summed E-state index contributed by atoms with van der Waals surface area (Å²) in [5.41, 5.74) is 1.42. The van der Waals surface area contributed by atoms with Gasteiger partial charge in [-0.25, -0.2) is 0 Å². The van der Waals surface area contributed by atoms with E-state index in [0.717, 1.165) is 18.5 Å². The molecule has 0 aliphatic heterocycles. The molecule has 0 radical (unpaired) electrons. The van der Waals surface area contributed by atoms with Crippen molar-refractivity contribution in [3.05, 3.63) is 66.0 Å². The van der Waals surface area contributed by atoms with Crippen molar-refractivity contribution >= 4 is 36.6 Å². The van der Waals surface area contributed by atoms with Crippen molar-refractivity contribution in [2.24, 2.45) is 0 Å². The van der Waals surface area contributed by atoms with Crippen LogP contribution in [0.2, 0.25) is 0 Å². The van der Waals surface area contributed by atoms with Crippen LogP contribution in [-0.2, 0) is 11.2 Å². The number of carbonyl (C=O) groups excluding carboxylic acids is 2. The van der Waals surface area contributed by atoms with Gasteiger partial charge >= 0.3 is 0 Å². The predicted molar refractivity (Wildman–Crippen MR) is 116 cm³/mol. The standard InChI is InChI=1S/C20H26N4O2.2ClH/c1-2-10-21-12-13-23-20(26)18(14-16-7-6-11-22-15-16)24-19(25)17-8-4-3-5-9-17;;/h3-9,11,15,18,21H,2,10,12-14H2,1H3,(H,23,26)(H,24,25);2*1H. The number of nitrogens with one attached hydrogen (secondary N) is 3. The number of benzene rings is 1. The zero-order valence-corrected chi connectivity index (χ0v) is 17.5. The molecule has 8 heteroatoms. The van der Waals surface area contributed by atoms with Crippen LogP contribution in [0.3, 0.4) is 0 Å². The van der Waals surface area contributed by atoms with E-state index in [9.17, 15) is 9.59 Å². The third-order valence-electron chi connectivity index (χ3n) is 3.85. The number of aromatic nitrogens is 1. The minimum absolute atomic E-state index is 0. The van der Waals surface area contributed by atoms with Crippen LogP contribution < -0.4 is 16.0 Å². The Balaban J connectivity index is 0.00000364. The number of rotatable bonds is 10. The molecular weight excluding hydrogens is 399 g/mol. The second kappa shape index (κ2) is 14.9. The molecule has 1 unspecified atom stereocenters. The highest BCUT2D eigenvalue weighted by Gasteiger charge is 2.21. The summed E-state index contributed by atoms with van der Waals surface area (Å²) in [7, 11) is 0. The van der Waals surface area contributed by atoms with Crippen molar-refractivity contribution in [1.29, 1.82) is 0 Å². The fourth-order valence-corrected chi connectivity index (χ4v) is 2.49. The van der Waals surface area contributed by atoms with Gasteiger partial charge in [-0.15, -0.1) is 24.8 Å². The molecule has 0 bridgehead atoms. The van der Waals surface area contributed by atoms with Crippen LogP contribution in [0.5, 0.6) is 0 Å². The molecule has 1 aromatic heterocycles. The predicted octanol–water partition coefficient (Wildman–Crippen LogP) is 2.38. The van der Waals surface area contributed by atoms with Crippen LogP contribution >= 0.6 is 24.8 Å². The molecule has 0 saturated heterocycles. The largest absolute Gasteiger partial charge is 0.353 e. The fraction of sp³-hybridized carbons (Fsp3) is 0.350. The second-order valence-corrected chi connectivity index (χ2v) is 6.00. The Bertz CT molecular complexity index is 687. The normalized spacial score (nSPS) is 10.8. The zero-order valence-electron chi connectivity index (χ0n) is 15.9. The summed E-state index contributed by atoms with van der Waals surface area (Å²) < 4.78 is 0. The Hall–Kier alpha value is -2.15. The second-order valence-electron chi connectivity index (χ2n) is 6.00. The Morgan fingerprint density at radius 2 is 1.75 bits per heavy atom. The van der Waals surface area contributed by atoms with E-state index in [4.69, 9.17) is 0 Å². The van der Waals surface area contributed by atoms with Gasteiger partial charge in [0, 0.05) is 37.5 Å². The summed E-state index contributed by atoms with van der Waals surface area (Å²) in [6.45, 7) is 4.23. The van der Waals surface area contributed by atoms with Gasteiger partial charge in [0.1, 0.15) is 6.04 Å². The Labute approximate surface area is 178 Å². The van der Waals surface area contributed by atoms with Crippen LogP contribution in [0.15, 0.2) is 54.9 Å². The first-order valence-electron chi connectivity index (χ1n) is 8.94. The van der Waals surface area contributed by atoms with Gasteiger partial charge in [-0.1, -0.05) is 31.2 Å². The number of nitrogens with zero attached hydrogens (tertiary/aromatic N) is 1. The van der Waals surface area contributed by atoms with Gasteiger partial charge in [-0.2, -0.15) is 0 Å². The van der Waals surface area contributed by atoms with Crippen LogP contribution in [0, 0.1) is 0 Å². The van der Waals surface area contributed by atoms with Gasteiger partial charge in [-0.3, -0.25) is 14.6 Å². The molecule has 0 saturated carbocycles. The highest BCUT2D eigenvalue weighted by Crippen LogP contribution is 2.04. The fourth-order valence-electron chi connectivity index (χ4n) is 2.49. The van der Waals surface area contributed by atoms with Gasteiger partial charge in [0.2, 0.25) is 5.91 Å². The minimum atomic E-state index is -0.655. The zero-order chi connectivity index (χ0) is 18.6. The molecule has 2 rings (SSSR count). The molecule has 0 spiro atoms. The maximum Gasteiger partial charge on any atom is 0.251 e. The van der Waals surface area contributed by atoms with Gasteiger partial charge < -0.3 is 16.0 Å². The van der Waals surface area contributed by atoms with Crippen molar-refractivity contribution < 1.29 is 9.59 Å². The smallest absolute Gasteiger partial charge is 0.251 e. The van der Waals surface area contributed by atoms with E-state index >= 15 is 0 Å². The molecule has 1 atom stereocenters. The van der Waals surface area contributed by atoms with Gasteiger partial charge in [0.05, 0.1) is 0 Å². The van der Waals surface area contributed by atoms with Crippen LogP contribution in [-0.4, -0.2) is 42.5 Å². The number of carbonyl (C=O) groups is 2. The van der Waals surface area contributed by atoms with E-state index in [1.54, 1.807) is 36.7 Å². The molecule has 3 N–H and O–H groups in total. The lowest BCUT2D eigenvalue weighted by Crippen LogP contribution is -2.49. The highest BCUT2D eigenvalue weighted by molar-refractivity contribution is 5.97. The lowest BCUT2D eigenvalue weighted by molar-refractivity contribution is -0.122. The van der Waals surface area contributed by atoms with Gasteiger partial charge in [-0.05, 0) is 36.7 Å². The van der Waals surface area contributed by atoms with Gasteiger partial charge in [0.15, 0.2) is 0 Å².